The van der Waals surface area contributed by atoms with Crippen molar-refractivity contribution in [3.63, 3.8) is 0 Å². The van der Waals surface area contributed by atoms with E-state index in [1.807, 2.05) is 17.8 Å². The van der Waals surface area contributed by atoms with Gasteiger partial charge in [0.2, 0.25) is 5.91 Å². The molecule has 1 unspecified atom stereocenters. The number of pyridine rings is 1. The van der Waals surface area contributed by atoms with Gasteiger partial charge in [-0.25, -0.2) is 0 Å². The van der Waals surface area contributed by atoms with Gasteiger partial charge in [-0.2, -0.15) is 0 Å². The second kappa shape index (κ2) is 7.20. The first-order chi connectivity index (χ1) is 14.0. The summed E-state index contributed by atoms with van der Waals surface area (Å²) < 4.78 is 2.04. The van der Waals surface area contributed by atoms with Crippen LogP contribution in [0.25, 0.3) is 0 Å². The molecule has 1 saturated carbocycles. The highest BCUT2D eigenvalue weighted by Crippen LogP contribution is 2.50. The molecule has 3 fully saturated rings. The van der Waals surface area contributed by atoms with Crippen LogP contribution in [0.1, 0.15) is 48.7 Å². The van der Waals surface area contributed by atoms with Gasteiger partial charge in [0.25, 0.3) is 0 Å². The van der Waals surface area contributed by atoms with E-state index in [2.05, 4.69) is 44.0 Å². The molecular weight excluding hydrogens is 364 g/mol. The minimum atomic E-state index is 0.114. The molecule has 2 saturated heterocycles. The topological polar surface area (TPSA) is 67.2 Å². The summed E-state index contributed by atoms with van der Waals surface area (Å²) in [7, 11) is 2.02. The van der Waals surface area contributed by atoms with Gasteiger partial charge in [0.1, 0.15) is 12.2 Å². The molecule has 1 spiro atoms. The molecule has 7 nitrogen and oxygen atoms in total. The van der Waals surface area contributed by atoms with Crippen LogP contribution in [0.3, 0.4) is 0 Å². The van der Waals surface area contributed by atoms with Crippen molar-refractivity contribution in [1.29, 1.82) is 0 Å². The van der Waals surface area contributed by atoms with Gasteiger partial charge >= 0.3 is 0 Å². The molecule has 154 valence electrons. The number of piperidine rings is 1. The molecule has 1 aliphatic carbocycles. The van der Waals surface area contributed by atoms with Crippen molar-refractivity contribution in [3.05, 3.63) is 41.7 Å². The molecule has 7 heteroatoms. The predicted octanol–water partition coefficient (Wildman–Crippen LogP) is 2.14. The van der Waals surface area contributed by atoms with Crippen molar-refractivity contribution in [3.8, 4) is 0 Å². The number of likely N-dealkylation sites (tertiary alicyclic amines) is 2. The molecule has 4 heterocycles. The standard InChI is InChI=1S/C22H30N6O/c1-16-3-6-18(23-11-16)12-27-9-7-22(8-10-27)14-28(21(29)17-4-5-17)13-19(22)20-25-24-15-26(20)2/h3,6,11,15,17,19H,4-5,7-10,12-14H2,1-2H3. The first kappa shape index (κ1) is 18.7. The second-order valence-electron chi connectivity index (χ2n) is 9.31. The number of carbonyl (C=O) groups is 1. The largest absolute Gasteiger partial charge is 0.341 e. The Morgan fingerprint density at radius 2 is 2.03 bits per heavy atom. The first-order valence-corrected chi connectivity index (χ1v) is 10.8. The van der Waals surface area contributed by atoms with Crippen LogP contribution in [-0.2, 0) is 18.4 Å². The summed E-state index contributed by atoms with van der Waals surface area (Å²) in [5.41, 5.74) is 2.44. The van der Waals surface area contributed by atoms with Gasteiger partial charge in [-0.3, -0.25) is 14.7 Å². The van der Waals surface area contributed by atoms with Gasteiger partial charge in [-0.1, -0.05) is 6.07 Å². The van der Waals surface area contributed by atoms with Crippen LogP contribution >= 0.6 is 0 Å². The van der Waals surface area contributed by atoms with E-state index in [1.54, 1.807) is 6.33 Å². The minimum absolute atomic E-state index is 0.114. The molecule has 2 aliphatic heterocycles. The lowest BCUT2D eigenvalue weighted by molar-refractivity contribution is -0.132. The Bertz CT molecular complexity index is 879. The van der Waals surface area contributed by atoms with E-state index in [1.165, 1.54) is 5.56 Å². The van der Waals surface area contributed by atoms with Crippen LogP contribution in [-0.4, -0.2) is 61.6 Å². The van der Waals surface area contributed by atoms with Gasteiger partial charge < -0.3 is 9.47 Å². The Hall–Kier alpha value is -2.28. The Labute approximate surface area is 172 Å². The maximum atomic E-state index is 12.8. The minimum Gasteiger partial charge on any atom is -0.341 e. The molecule has 1 atom stereocenters. The van der Waals surface area contributed by atoms with Gasteiger partial charge in [0.05, 0.1) is 5.69 Å². The fraction of sp³-hybridized carbons (Fsp3) is 0.636. The Morgan fingerprint density at radius 1 is 1.24 bits per heavy atom. The third-order valence-corrected chi connectivity index (χ3v) is 7.15. The average molecular weight is 395 g/mol. The second-order valence-corrected chi connectivity index (χ2v) is 9.31. The smallest absolute Gasteiger partial charge is 0.225 e. The fourth-order valence-corrected chi connectivity index (χ4v) is 5.17. The number of rotatable bonds is 4. The highest BCUT2D eigenvalue weighted by atomic mass is 16.2. The highest BCUT2D eigenvalue weighted by molar-refractivity contribution is 5.81. The van der Waals surface area contributed by atoms with Crippen LogP contribution in [0.5, 0.6) is 0 Å². The lowest BCUT2D eigenvalue weighted by atomic mass is 9.70. The maximum absolute atomic E-state index is 12.8. The van der Waals surface area contributed by atoms with E-state index >= 15 is 0 Å². The summed E-state index contributed by atoms with van der Waals surface area (Å²) in [6.45, 7) is 6.71. The van der Waals surface area contributed by atoms with Crippen molar-refractivity contribution < 1.29 is 4.79 Å². The molecule has 1 amide bonds. The van der Waals surface area contributed by atoms with Crippen molar-refractivity contribution in [1.82, 2.24) is 29.5 Å². The zero-order chi connectivity index (χ0) is 20.0. The molecule has 5 rings (SSSR count). The summed E-state index contributed by atoms with van der Waals surface area (Å²) in [4.78, 5) is 22.0. The zero-order valence-corrected chi connectivity index (χ0v) is 17.4. The van der Waals surface area contributed by atoms with Crippen LogP contribution < -0.4 is 0 Å². The number of hydrogen-bond donors (Lipinski definition) is 0. The monoisotopic (exact) mass is 394 g/mol. The van der Waals surface area contributed by atoms with Crippen molar-refractivity contribution in [2.75, 3.05) is 26.2 Å². The van der Waals surface area contributed by atoms with Gasteiger partial charge in [-0.05, 0) is 57.3 Å². The van der Waals surface area contributed by atoms with Crippen LogP contribution in [0.2, 0.25) is 0 Å². The summed E-state index contributed by atoms with van der Waals surface area (Å²) in [6.07, 6.45) is 8.04. The predicted molar refractivity (Wildman–Crippen MR) is 109 cm³/mol. The van der Waals surface area contributed by atoms with E-state index in [4.69, 9.17) is 0 Å². The van der Waals surface area contributed by atoms with Crippen LogP contribution in [0.4, 0.5) is 0 Å². The van der Waals surface area contributed by atoms with Crippen molar-refractivity contribution >= 4 is 5.91 Å². The molecule has 3 aliphatic rings. The van der Waals surface area contributed by atoms with E-state index < -0.39 is 0 Å². The first-order valence-electron chi connectivity index (χ1n) is 10.8. The van der Waals surface area contributed by atoms with Crippen LogP contribution in [0.15, 0.2) is 24.7 Å². The number of carbonyl (C=O) groups excluding carboxylic acids is 1. The van der Waals surface area contributed by atoms with E-state index in [9.17, 15) is 4.79 Å². The number of hydrogen-bond acceptors (Lipinski definition) is 5. The van der Waals surface area contributed by atoms with Gasteiger partial charge in [0, 0.05) is 50.1 Å². The molecule has 2 aromatic heterocycles. The molecule has 0 radical (unpaired) electrons. The Balaban J connectivity index is 1.32. The average Bonchev–Trinajstić information content (AvgIpc) is 3.40. The van der Waals surface area contributed by atoms with Crippen LogP contribution in [0, 0.1) is 18.3 Å². The van der Waals surface area contributed by atoms with Gasteiger partial charge in [0.15, 0.2) is 0 Å². The summed E-state index contributed by atoms with van der Waals surface area (Å²) >= 11 is 0. The number of aromatic nitrogens is 4. The fourth-order valence-electron chi connectivity index (χ4n) is 5.17. The van der Waals surface area contributed by atoms with Crippen molar-refractivity contribution in [2.24, 2.45) is 18.4 Å². The molecule has 2 aromatic rings. The maximum Gasteiger partial charge on any atom is 0.225 e. The quantitative estimate of drug-likeness (QED) is 0.795. The lowest BCUT2D eigenvalue weighted by Gasteiger charge is -2.42. The third-order valence-electron chi connectivity index (χ3n) is 7.15. The Morgan fingerprint density at radius 3 is 2.66 bits per heavy atom. The molecule has 29 heavy (non-hydrogen) atoms. The van der Waals surface area contributed by atoms with E-state index in [-0.39, 0.29) is 17.3 Å². The van der Waals surface area contributed by atoms with E-state index in [0.717, 1.165) is 69.9 Å². The Kier molecular flexibility index (Phi) is 4.65. The number of nitrogens with zero attached hydrogens (tertiary/aromatic N) is 6. The summed E-state index contributed by atoms with van der Waals surface area (Å²) in [6, 6.07) is 4.27. The zero-order valence-electron chi connectivity index (χ0n) is 17.4. The van der Waals surface area contributed by atoms with Crippen molar-refractivity contribution in [2.45, 2.75) is 45.1 Å². The molecular formula is C22H30N6O. The highest BCUT2D eigenvalue weighted by Gasteiger charge is 2.52. The summed E-state index contributed by atoms with van der Waals surface area (Å²) in [5, 5.41) is 8.58. The SMILES string of the molecule is Cc1ccc(CN2CCC3(CC2)CN(C(=O)C2CC2)CC3c2nncn2C)nc1. The number of amides is 1. The third kappa shape index (κ3) is 3.56. The molecule has 0 aromatic carbocycles. The normalized spacial score (nSPS) is 24.3. The summed E-state index contributed by atoms with van der Waals surface area (Å²) in [5.74, 6) is 1.94. The molecule has 0 bridgehead atoms. The molecule has 0 N–H and O–H groups in total. The lowest BCUT2D eigenvalue weighted by Crippen LogP contribution is -2.44. The number of aryl methyl sites for hydroxylation is 2. The van der Waals surface area contributed by atoms with E-state index in [0.29, 0.717) is 5.91 Å². The van der Waals surface area contributed by atoms with Gasteiger partial charge in [-0.15, -0.1) is 10.2 Å².